The van der Waals surface area contributed by atoms with Gasteiger partial charge in [-0.1, -0.05) is 11.6 Å². The number of halogens is 1. The Hall–Kier alpha value is -1.55. The van der Waals surface area contributed by atoms with Gasteiger partial charge in [-0.05, 0) is 31.7 Å². The van der Waals surface area contributed by atoms with Crippen molar-refractivity contribution in [3.63, 3.8) is 0 Å². The summed E-state index contributed by atoms with van der Waals surface area (Å²) in [5, 5.41) is 5.03. The number of ketones is 1. The maximum absolute atomic E-state index is 12.1. The summed E-state index contributed by atoms with van der Waals surface area (Å²) in [5.41, 5.74) is 3.87. The molecular weight excluding hydrogens is 274 g/mol. The highest BCUT2D eigenvalue weighted by molar-refractivity contribution is 6.31. The van der Waals surface area contributed by atoms with E-state index in [1.807, 2.05) is 24.9 Å². The number of nitrogens with zero attached hydrogens (tertiary/aromatic N) is 3. The minimum atomic E-state index is 0.267. The smallest absolute Gasteiger partial charge is 0.164 e. The molecule has 0 N–H and O–H groups in total. The van der Waals surface area contributed by atoms with E-state index in [2.05, 4.69) is 15.9 Å². The summed E-state index contributed by atoms with van der Waals surface area (Å²) in [7, 11) is 1.90. The van der Waals surface area contributed by atoms with Crippen molar-refractivity contribution >= 4 is 17.4 Å². The van der Waals surface area contributed by atoms with Gasteiger partial charge in [0.15, 0.2) is 5.78 Å². The number of hydrogen-bond acceptors (Lipinski definition) is 2. The van der Waals surface area contributed by atoms with Crippen molar-refractivity contribution in [2.75, 3.05) is 0 Å². The number of carbonyl (C=O) groups excluding carboxylic acids is 1. The molecule has 0 radical (unpaired) electrons. The van der Waals surface area contributed by atoms with Crippen LogP contribution < -0.4 is 0 Å². The van der Waals surface area contributed by atoms with E-state index < -0.39 is 0 Å². The van der Waals surface area contributed by atoms with E-state index in [-0.39, 0.29) is 5.78 Å². The molecule has 1 aliphatic carbocycles. The van der Waals surface area contributed by atoms with Crippen LogP contribution in [0.2, 0.25) is 5.02 Å². The first-order chi connectivity index (χ1) is 9.56. The van der Waals surface area contributed by atoms with E-state index in [0.717, 1.165) is 36.2 Å². The zero-order chi connectivity index (χ0) is 14.3. The van der Waals surface area contributed by atoms with E-state index in [4.69, 9.17) is 11.6 Å². The molecule has 0 aromatic carbocycles. The normalized spacial score (nSPS) is 15.2. The topological polar surface area (TPSA) is 39.8 Å². The van der Waals surface area contributed by atoms with Gasteiger partial charge in [0, 0.05) is 31.4 Å². The number of carbonyl (C=O) groups is 1. The number of hydrogen-bond donors (Lipinski definition) is 0. The summed E-state index contributed by atoms with van der Waals surface area (Å²) in [6.07, 6.45) is 7.79. The Bertz CT molecular complexity index is 669. The van der Waals surface area contributed by atoms with Gasteiger partial charge in [0.25, 0.3) is 0 Å². The Labute approximate surface area is 123 Å². The maximum Gasteiger partial charge on any atom is 0.164 e. The molecule has 20 heavy (non-hydrogen) atoms. The lowest BCUT2D eigenvalue weighted by Gasteiger charge is -2.04. The number of aryl methyl sites for hydroxylation is 3. The monoisotopic (exact) mass is 291 g/mol. The van der Waals surface area contributed by atoms with Crippen LogP contribution in [-0.2, 0) is 20.0 Å². The Morgan fingerprint density at radius 1 is 1.30 bits per heavy atom. The minimum absolute atomic E-state index is 0.267. The molecule has 0 atom stereocenters. The highest BCUT2D eigenvalue weighted by Gasteiger charge is 2.19. The average molecular weight is 292 g/mol. The molecule has 0 bridgehead atoms. The summed E-state index contributed by atoms with van der Waals surface area (Å²) in [4.78, 5) is 12.1. The van der Waals surface area contributed by atoms with Crippen LogP contribution in [0.3, 0.4) is 0 Å². The summed E-state index contributed by atoms with van der Waals surface area (Å²) in [5.74, 6) is 0.267. The second kappa shape index (κ2) is 5.09. The van der Waals surface area contributed by atoms with Crippen molar-refractivity contribution in [3.8, 4) is 0 Å². The van der Waals surface area contributed by atoms with E-state index in [1.54, 1.807) is 0 Å². The van der Waals surface area contributed by atoms with Gasteiger partial charge < -0.3 is 4.57 Å². The lowest BCUT2D eigenvalue weighted by Crippen LogP contribution is -2.05. The number of Topliss-reactive ketones (excluding diaryl/α,β-unsaturated/α-hetero) is 1. The second-order valence-electron chi connectivity index (χ2n) is 5.47. The zero-order valence-electron chi connectivity index (χ0n) is 11.8. The fourth-order valence-corrected chi connectivity index (χ4v) is 3.08. The van der Waals surface area contributed by atoms with Crippen LogP contribution in [-0.4, -0.2) is 20.1 Å². The molecule has 2 heterocycles. The zero-order valence-corrected chi connectivity index (χ0v) is 12.6. The van der Waals surface area contributed by atoms with Crippen LogP contribution in [0.1, 0.15) is 46.6 Å². The van der Waals surface area contributed by atoms with Crippen molar-refractivity contribution in [2.24, 2.45) is 7.05 Å². The van der Waals surface area contributed by atoms with Gasteiger partial charge in [-0.25, -0.2) is 0 Å². The van der Waals surface area contributed by atoms with Crippen molar-refractivity contribution in [3.05, 3.63) is 39.9 Å². The minimum Gasteiger partial charge on any atom is -0.347 e. The molecule has 0 aliphatic heterocycles. The fraction of sp³-hybridized carbons (Fsp3) is 0.467. The lowest BCUT2D eigenvalue weighted by molar-refractivity contribution is 0.0982. The quantitative estimate of drug-likeness (QED) is 0.798. The highest BCUT2D eigenvalue weighted by atomic mass is 35.5. The van der Waals surface area contributed by atoms with Crippen LogP contribution in [0.4, 0.5) is 0 Å². The third-order valence-corrected chi connectivity index (χ3v) is 4.45. The van der Waals surface area contributed by atoms with Crippen molar-refractivity contribution in [1.29, 1.82) is 0 Å². The average Bonchev–Trinajstić information content (AvgIpc) is 2.86. The molecule has 0 saturated heterocycles. The van der Waals surface area contributed by atoms with E-state index in [1.165, 1.54) is 5.56 Å². The van der Waals surface area contributed by atoms with Crippen LogP contribution in [0.5, 0.6) is 0 Å². The SMILES string of the molecule is Cc1nn(C)c(Cn2cc3c(c2)C(=O)CCCC3)c1Cl. The molecule has 2 aromatic rings. The molecule has 0 saturated carbocycles. The van der Waals surface area contributed by atoms with Crippen molar-refractivity contribution < 1.29 is 4.79 Å². The van der Waals surface area contributed by atoms with Gasteiger partial charge in [0.2, 0.25) is 0 Å². The summed E-state index contributed by atoms with van der Waals surface area (Å²) in [6.45, 7) is 2.55. The van der Waals surface area contributed by atoms with Gasteiger partial charge in [-0.2, -0.15) is 5.10 Å². The molecule has 0 spiro atoms. The van der Waals surface area contributed by atoms with Crippen molar-refractivity contribution in [2.45, 2.75) is 39.2 Å². The Balaban J connectivity index is 1.92. The van der Waals surface area contributed by atoms with Crippen LogP contribution >= 0.6 is 11.6 Å². The largest absolute Gasteiger partial charge is 0.347 e. The standard InChI is InChI=1S/C15H18ClN3O/c1-10-15(16)13(18(2)17-10)9-19-7-11-5-3-4-6-14(20)12(11)8-19/h7-8H,3-6,9H2,1-2H3. The Morgan fingerprint density at radius 2 is 2.05 bits per heavy atom. The lowest BCUT2D eigenvalue weighted by atomic mass is 10.1. The van der Waals surface area contributed by atoms with Crippen LogP contribution in [0.25, 0.3) is 0 Å². The third-order valence-electron chi connectivity index (χ3n) is 3.96. The third kappa shape index (κ3) is 2.29. The van der Waals surface area contributed by atoms with Gasteiger partial charge in [-0.3, -0.25) is 9.48 Å². The Kier molecular flexibility index (Phi) is 3.42. The number of fused-ring (bicyclic) bond motifs is 1. The molecule has 1 aliphatic rings. The molecule has 0 fully saturated rings. The van der Waals surface area contributed by atoms with E-state index >= 15 is 0 Å². The van der Waals surface area contributed by atoms with Gasteiger partial charge >= 0.3 is 0 Å². The first-order valence-electron chi connectivity index (χ1n) is 6.96. The number of rotatable bonds is 2. The molecule has 2 aromatic heterocycles. The van der Waals surface area contributed by atoms with Crippen LogP contribution in [0, 0.1) is 6.92 Å². The molecule has 3 rings (SSSR count). The van der Waals surface area contributed by atoms with E-state index in [9.17, 15) is 4.79 Å². The molecule has 0 amide bonds. The first kappa shape index (κ1) is 13.4. The molecule has 106 valence electrons. The predicted molar refractivity (Wildman–Crippen MR) is 78.4 cm³/mol. The predicted octanol–water partition coefficient (Wildman–Crippen LogP) is 3.14. The van der Waals surface area contributed by atoms with Gasteiger partial charge in [0.1, 0.15) is 0 Å². The molecule has 0 unspecified atom stereocenters. The molecular formula is C15H18ClN3O. The molecule has 5 heteroatoms. The molecule has 4 nitrogen and oxygen atoms in total. The summed E-state index contributed by atoms with van der Waals surface area (Å²) >= 11 is 6.28. The summed E-state index contributed by atoms with van der Waals surface area (Å²) in [6, 6.07) is 0. The number of aromatic nitrogens is 3. The fourth-order valence-electron chi connectivity index (χ4n) is 2.86. The maximum atomic E-state index is 12.1. The van der Waals surface area contributed by atoms with Gasteiger partial charge in [0.05, 0.1) is 23.0 Å². The van der Waals surface area contributed by atoms with Crippen LogP contribution in [0.15, 0.2) is 12.4 Å². The Morgan fingerprint density at radius 3 is 2.75 bits per heavy atom. The summed E-state index contributed by atoms with van der Waals surface area (Å²) < 4.78 is 3.86. The highest BCUT2D eigenvalue weighted by Crippen LogP contribution is 2.24. The van der Waals surface area contributed by atoms with E-state index in [0.29, 0.717) is 18.0 Å². The first-order valence-corrected chi connectivity index (χ1v) is 7.34. The van der Waals surface area contributed by atoms with Crippen molar-refractivity contribution in [1.82, 2.24) is 14.3 Å². The second-order valence-corrected chi connectivity index (χ2v) is 5.85. The van der Waals surface area contributed by atoms with Gasteiger partial charge in [-0.15, -0.1) is 0 Å².